The third kappa shape index (κ3) is 1.83. The number of methoxy groups -OCH3 is 1. The van der Waals surface area contributed by atoms with Crippen molar-refractivity contribution in [1.29, 1.82) is 0 Å². The Morgan fingerprint density at radius 1 is 1.29 bits per heavy atom. The van der Waals surface area contributed by atoms with Crippen molar-refractivity contribution in [2.24, 2.45) is 0 Å². The summed E-state index contributed by atoms with van der Waals surface area (Å²) in [7, 11) is 1.83. The molecular weight excluding hydrogens is 212 g/mol. The second-order valence-electron chi connectivity index (χ2n) is 5.16. The number of rotatable bonds is 2. The molecule has 1 fully saturated rings. The largest absolute Gasteiger partial charge is 0.398 e. The molecule has 3 heteroatoms. The summed E-state index contributed by atoms with van der Waals surface area (Å²) in [5.41, 5.74) is 9.71. The number of benzene rings is 1. The second kappa shape index (κ2) is 4.31. The SMILES string of the molecule is COC1CCCC1N1Cc2cccc(N)c2C1. The molecule has 0 aromatic heterocycles. The molecule has 0 amide bonds. The minimum absolute atomic E-state index is 0.408. The number of hydrogen-bond acceptors (Lipinski definition) is 3. The summed E-state index contributed by atoms with van der Waals surface area (Å²) in [6, 6.07) is 6.83. The molecule has 3 nitrogen and oxygen atoms in total. The Labute approximate surface area is 103 Å². The quantitative estimate of drug-likeness (QED) is 0.794. The van der Waals surface area contributed by atoms with Crippen LogP contribution in [0.15, 0.2) is 18.2 Å². The Morgan fingerprint density at radius 2 is 2.18 bits per heavy atom. The molecule has 0 spiro atoms. The maximum absolute atomic E-state index is 6.04. The van der Waals surface area contributed by atoms with Gasteiger partial charge in [0.2, 0.25) is 0 Å². The van der Waals surface area contributed by atoms with E-state index in [1.807, 2.05) is 13.2 Å². The van der Waals surface area contributed by atoms with Crippen LogP contribution in [-0.2, 0) is 17.8 Å². The fraction of sp³-hybridized carbons (Fsp3) is 0.571. The van der Waals surface area contributed by atoms with E-state index in [1.165, 1.54) is 30.4 Å². The third-order valence-corrected chi connectivity index (χ3v) is 4.23. The number of hydrogen-bond donors (Lipinski definition) is 1. The van der Waals surface area contributed by atoms with Crippen LogP contribution in [0.1, 0.15) is 30.4 Å². The van der Waals surface area contributed by atoms with E-state index >= 15 is 0 Å². The normalized spacial score (nSPS) is 28.5. The van der Waals surface area contributed by atoms with Crippen LogP contribution in [0.5, 0.6) is 0 Å². The molecule has 92 valence electrons. The summed E-state index contributed by atoms with van der Waals surface area (Å²) in [5.74, 6) is 0. The van der Waals surface area contributed by atoms with Gasteiger partial charge < -0.3 is 10.5 Å². The smallest absolute Gasteiger partial charge is 0.0726 e. The predicted octanol–water partition coefficient (Wildman–Crippen LogP) is 2.15. The number of nitrogens with zero attached hydrogens (tertiary/aromatic N) is 1. The highest BCUT2D eigenvalue weighted by Gasteiger charge is 2.35. The number of nitrogens with two attached hydrogens (primary N) is 1. The van der Waals surface area contributed by atoms with Gasteiger partial charge in [-0.15, -0.1) is 0 Å². The lowest BCUT2D eigenvalue weighted by Crippen LogP contribution is -2.37. The number of fused-ring (bicyclic) bond motifs is 1. The van der Waals surface area contributed by atoms with Crippen molar-refractivity contribution in [3.8, 4) is 0 Å². The summed E-state index contributed by atoms with van der Waals surface area (Å²) >= 11 is 0. The van der Waals surface area contributed by atoms with Gasteiger partial charge in [-0.05, 0) is 36.5 Å². The van der Waals surface area contributed by atoms with Crippen LogP contribution < -0.4 is 5.73 Å². The fourth-order valence-corrected chi connectivity index (χ4v) is 3.31. The highest BCUT2D eigenvalue weighted by Crippen LogP contribution is 2.34. The summed E-state index contributed by atoms with van der Waals surface area (Å²) in [6.45, 7) is 2.03. The number of nitrogen functional groups attached to an aromatic ring is 1. The van der Waals surface area contributed by atoms with E-state index in [1.54, 1.807) is 0 Å². The zero-order valence-corrected chi connectivity index (χ0v) is 10.4. The predicted molar refractivity (Wildman–Crippen MR) is 68.5 cm³/mol. The van der Waals surface area contributed by atoms with E-state index in [0.29, 0.717) is 12.1 Å². The zero-order chi connectivity index (χ0) is 11.8. The van der Waals surface area contributed by atoms with Gasteiger partial charge in [0.1, 0.15) is 0 Å². The maximum Gasteiger partial charge on any atom is 0.0726 e. The van der Waals surface area contributed by atoms with Crippen molar-refractivity contribution < 1.29 is 4.74 Å². The minimum Gasteiger partial charge on any atom is -0.398 e. The van der Waals surface area contributed by atoms with Crippen LogP contribution in [0.3, 0.4) is 0 Å². The molecule has 1 aliphatic heterocycles. The monoisotopic (exact) mass is 232 g/mol. The van der Waals surface area contributed by atoms with Gasteiger partial charge in [-0.3, -0.25) is 4.90 Å². The van der Waals surface area contributed by atoms with E-state index in [0.717, 1.165) is 18.8 Å². The standard InChI is InChI=1S/C14H20N2O/c1-17-14-7-3-6-13(14)16-8-10-4-2-5-12(15)11(10)9-16/h2,4-5,13-14H,3,6-9,15H2,1H3. The van der Waals surface area contributed by atoms with Crippen molar-refractivity contribution >= 4 is 5.69 Å². The minimum atomic E-state index is 0.408. The first-order valence-corrected chi connectivity index (χ1v) is 6.42. The maximum atomic E-state index is 6.04. The molecule has 3 rings (SSSR count). The van der Waals surface area contributed by atoms with Crippen LogP contribution in [0.2, 0.25) is 0 Å². The summed E-state index contributed by atoms with van der Waals surface area (Å²) in [5, 5.41) is 0. The summed E-state index contributed by atoms with van der Waals surface area (Å²) < 4.78 is 5.59. The molecule has 2 N–H and O–H groups in total. The highest BCUT2D eigenvalue weighted by molar-refractivity contribution is 5.52. The fourth-order valence-electron chi connectivity index (χ4n) is 3.31. The molecule has 2 aliphatic rings. The van der Waals surface area contributed by atoms with Crippen LogP contribution in [0.25, 0.3) is 0 Å². The second-order valence-corrected chi connectivity index (χ2v) is 5.16. The lowest BCUT2D eigenvalue weighted by Gasteiger charge is -2.28. The van der Waals surface area contributed by atoms with Crippen molar-refractivity contribution in [3.63, 3.8) is 0 Å². The highest BCUT2D eigenvalue weighted by atomic mass is 16.5. The Balaban J connectivity index is 1.80. The number of anilines is 1. The number of ether oxygens (including phenoxy) is 1. The van der Waals surface area contributed by atoms with Gasteiger partial charge in [0.15, 0.2) is 0 Å². The van der Waals surface area contributed by atoms with E-state index < -0.39 is 0 Å². The Morgan fingerprint density at radius 3 is 2.94 bits per heavy atom. The molecule has 1 aliphatic carbocycles. The van der Waals surface area contributed by atoms with Gasteiger partial charge in [0.05, 0.1) is 6.10 Å². The lowest BCUT2D eigenvalue weighted by molar-refractivity contribution is 0.0312. The lowest BCUT2D eigenvalue weighted by atomic mass is 10.1. The van der Waals surface area contributed by atoms with Gasteiger partial charge in [0.25, 0.3) is 0 Å². The zero-order valence-electron chi connectivity index (χ0n) is 10.4. The van der Waals surface area contributed by atoms with Crippen molar-refractivity contribution in [3.05, 3.63) is 29.3 Å². The van der Waals surface area contributed by atoms with Gasteiger partial charge >= 0.3 is 0 Å². The molecule has 1 saturated carbocycles. The first-order valence-electron chi connectivity index (χ1n) is 6.42. The molecule has 0 saturated heterocycles. The third-order valence-electron chi connectivity index (χ3n) is 4.23. The topological polar surface area (TPSA) is 38.5 Å². The Kier molecular flexibility index (Phi) is 2.81. The summed E-state index contributed by atoms with van der Waals surface area (Å²) in [4.78, 5) is 2.53. The molecule has 17 heavy (non-hydrogen) atoms. The average molecular weight is 232 g/mol. The van der Waals surface area contributed by atoms with E-state index in [-0.39, 0.29) is 0 Å². The first-order chi connectivity index (χ1) is 8.29. The van der Waals surface area contributed by atoms with Crippen molar-refractivity contribution in [1.82, 2.24) is 4.90 Å². The molecule has 2 atom stereocenters. The summed E-state index contributed by atoms with van der Waals surface area (Å²) in [6.07, 6.45) is 4.15. The van der Waals surface area contributed by atoms with E-state index in [2.05, 4.69) is 17.0 Å². The molecule has 0 bridgehead atoms. The molecule has 2 unspecified atom stereocenters. The average Bonchev–Trinajstić information content (AvgIpc) is 2.94. The van der Waals surface area contributed by atoms with Crippen LogP contribution >= 0.6 is 0 Å². The Bertz CT molecular complexity index is 419. The molecule has 1 aromatic rings. The van der Waals surface area contributed by atoms with Crippen LogP contribution in [0.4, 0.5) is 5.69 Å². The molecule has 1 heterocycles. The Hall–Kier alpha value is -1.06. The molecule has 1 aromatic carbocycles. The van der Waals surface area contributed by atoms with Crippen molar-refractivity contribution in [2.75, 3.05) is 12.8 Å². The molecular formula is C14H20N2O. The first kappa shape index (κ1) is 11.1. The van der Waals surface area contributed by atoms with Gasteiger partial charge in [-0.25, -0.2) is 0 Å². The van der Waals surface area contributed by atoms with E-state index in [9.17, 15) is 0 Å². The van der Waals surface area contributed by atoms with Crippen molar-refractivity contribution in [2.45, 2.75) is 44.5 Å². The van der Waals surface area contributed by atoms with Crippen LogP contribution in [0, 0.1) is 0 Å². The van der Waals surface area contributed by atoms with E-state index in [4.69, 9.17) is 10.5 Å². The van der Waals surface area contributed by atoms with Gasteiger partial charge in [-0.2, -0.15) is 0 Å². The van der Waals surface area contributed by atoms with Gasteiger partial charge in [0, 0.05) is 31.9 Å². The van der Waals surface area contributed by atoms with Gasteiger partial charge in [-0.1, -0.05) is 12.1 Å². The van der Waals surface area contributed by atoms with Crippen LogP contribution in [-0.4, -0.2) is 24.2 Å². The molecule has 0 radical (unpaired) electrons.